The maximum atomic E-state index is 17.2. The highest BCUT2D eigenvalue weighted by Crippen LogP contribution is 2.72. The van der Waals surface area contributed by atoms with Crippen molar-refractivity contribution in [3.63, 3.8) is 0 Å². The van der Waals surface area contributed by atoms with Gasteiger partial charge in [0.1, 0.15) is 11.3 Å². The lowest BCUT2D eigenvalue weighted by molar-refractivity contribution is -0.314. The number of rotatable bonds is 2. The van der Waals surface area contributed by atoms with Gasteiger partial charge < -0.3 is 24.8 Å². The number of nitrogens with zero attached hydrogens (tertiary/aromatic N) is 2. The normalized spacial score (nSPS) is 48.5. The Morgan fingerprint density at radius 2 is 1.94 bits per heavy atom. The number of imidazole rings is 1. The maximum absolute atomic E-state index is 17.2. The van der Waals surface area contributed by atoms with E-state index in [1.165, 1.54) is 11.1 Å². The van der Waals surface area contributed by atoms with E-state index in [0.29, 0.717) is 19.3 Å². The average Bonchev–Trinajstić information content (AvgIpc) is 3.52. The molecule has 7 heteroatoms. The number of fused-ring (bicyclic) bond motifs is 2. The van der Waals surface area contributed by atoms with Gasteiger partial charge in [0.2, 0.25) is 0 Å². The van der Waals surface area contributed by atoms with Crippen molar-refractivity contribution in [2.24, 2.45) is 17.3 Å². The van der Waals surface area contributed by atoms with Crippen LogP contribution in [0, 0.1) is 17.3 Å². The highest BCUT2D eigenvalue weighted by Gasteiger charge is 2.77. The molecule has 3 aliphatic carbocycles. The Morgan fingerprint density at radius 3 is 2.74 bits per heavy atom. The summed E-state index contributed by atoms with van der Waals surface area (Å²) in [7, 11) is 3.87. The summed E-state index contributed by atoms with van der Waals surface area (Å²) in [6, 6.07) is 6.18. The molecule has 4 fully saturated rings. The number of aliphatic hydroxyl groups excluding tert-OH is 2. The second-order valence-electron chi connectivity index (χ2n) is 12.5. The first-order valence-electron chi connectivity index (χ1n) is 13.2. The van der Waals surface area contributed by atoms with Crippen LogP contribution in [0.3, 0.4) is 0 Å². The molecule has 6 nitrogen and oxygen atoms in total. The summed E-state index contributed by atoms with van der Waals surface area (Å²) in [5.74, 6) is -0.307. The summed E-state index contributed by atoms with van der Waals surface area (Å²) in [5.41, 5.74) is 1.38. The van der Waals surface area contributed by atoms with Crippen molar-refractivity contribution < 1.29 is 19.3 Å². The molecule has 1 aromatic heterocycles. The number of hydrogen-bond acceptors (Lipinski definition) is 5. The quantitative estimate of drug-likeness (QED) is 0.607. The Kier molecular flexibility index (Phi) is 4.44. The number of H-pyrrole nitrogens is 1. The van der Waals surface area contributed by atoms with Crippen LogP contribution in [-0.4, -0.2) is 74.3 Å². The first-order chi connectivity index (χ1) is 16.6. The van der Waals surface area contributed by atoms with Crippen molar-refractivity contribution in [3.8, 4) is 0 Å². The fraction of sp³-hybridized carbons (Fsp3) is 0.679. The van der Waals surface area contributed by atoms with Gasteiger partial charge in [-0.1, -0.05) is 19.1 Å². The molecule has 9 atom stereocenters. The summed E-state index contributed by atoms with van der Waals surface area (Å²) in [5, 5.41) is 22.0. The number of hydrogen-bond donors (Lipinski definition) is 3. The largest absolute Gasteiger partial charge is 0.390 e. The van der Waals surface area contributed by atoms with E-state index in [1.807, 2.05) is 19.0 Å². The van der Waals surface area contributed by atoms with E-state index in [2.05, 4.69) is 41.2 Å². The van der Waals surface area contributed by atoms with E-state index >= 15 is 4.39 Å². The number of aromatic nitrogens is 2. The summed E-state index contributed by atoms with van der Waals surface area (Å²) >= 11 is 0. The standard InChI is InChI=1S/C28H36FN3O3/c1-25-8-10-27(29)13-18-23(33)24(34)21(32(2)3)14-26(18)9-11-28(27,35-26)22(25)7-5-17(25)16-4-6-19-20(12-16)31-15-30-19/h4-6,12,15,18,21-24,33-34H,7-11,13-14H2,1-3H3,(H,30,31)/t18?,21-,22?,23+,24+,25+,26+,27?,28-/m0/s1. The van der Waals surface area contributed by atoms with Gasteiger partial charge in [-0.3, -0.25) is 0 Å². The van der Waals surface area contributed by atoms with Gasteiger partial charge in [-0.15, -0.1) is 0 Å². The van der Waals surface area contributed by atoms with Crippen molar-refractivity contribution in [1.29, 1.82) is 0 Å². The van der Waals surface area contributed by atoms with Crippen LogP contribution in [0.2, 0.25) is 0 Å². The number of nitrogens with one attached hydrogen (secondary N) is 1. The molecule has 0 radical (unpaired) electrons. The van der Waals surface area contributed by atoms with Crippen molar-refractivity contribution in [1.82, 2.24) is 14.9 Å². The van der Waals surface area contributed by atoms with Crippen LogP contribution in [0.25, 0.3) is 16.6 Å². The van der Waals surface area contributed by atoms with E-state index in [9.17, 15) is 10.2 Å². The molecule has 3 heterocycles. The van der Waals surface area contributed by atoms with E-state index in [1.54, 1.807) is 6.33 Å². The SMILES string of the molecule is CN(C)[C@H]1C[C@@]23CC[C@]4(O2)C2CC=C(c5ccc6nc[nH]c6c5)[C@@]2(C)CCC4(F)CC3[C@@H](O)[C@@H]1O. The molecule has 35 heavy (non-hydrogen) atoms. The van der Waals surface area contributed by atoms with Gasteiger partial charge in [0, 0.05) is 17.9 Å². The first-order valence-corrected chi connectivity index (χ1v) is 13.2. The number of aromatic amines is 1. The molecule has 2 bridgehead atoms. The highest BCUT2D eigenvalue weighted by molar-refractivity contribution is 5.83. The van der Waals surface area contributed by atoms with Gasteiger partial charge in [-0.05, 0) is 87.7 Å². The number of aliphatic hydroxyl groups is 2. The van der Waals surface area contributed by atoms with Gasteiger partial charge in [0.15, 0.2) is 0 Å². The second-order valence-corrected chi connectivity index (χ2v) is 12.5. The number of benzene rings is 1. The van der Waals surface area contributed by atoms with Crippen molar-refractivity contribution in [2.75, 3.05) is 14.1 Å². The Balaban J connectivity index is 1.28. The minimum absolute atomic E-state index is 0.0586. The predicted octanol–water partition coefficient (Wildman–Crippen LogP) is 3.84. The third kappa shape index (κ3) is 2.65. The average molecular weight is 482 g/mol. The molecular weight excluding hydrogens is 445 g/mol. The highest BCUT2D eigenvalue weighted by atomic mass is 19.1. The van der Waals surface area contributed by atoms with Gasteiger partial charge in [0.05, 0.1) is 35.2 Å². The molecule has 2 spiro atoms. The molecule has 1 aromatic carbocycles. The van der Waals surface area contributed by atoms with Gasteiger partial charge in [-0.25, -0.2) is 9.37 Å². The Hall–Kier alpha value is -1.80. The number of halogens is 1. The van der Waals surface area contributed by atoms with Gasteiger partial charge in [-0.2, -0.15) is 0 Å². The van der Waals surface area contributed by atoms with Gasteiger partial charge in [0.25, 0.3) is 0 Å². The topological polar surface area (TPSA) is 81.6 Å². The zero-order chi connectivity index (χ0) is 24.4. The second kappa shape index (κ2) is 6.94. The summed E-state index contributed by atoms with van der Waals surface area (Å²) in [4.78, 5) is 9.57. The minimum atomic E-state index is -1.48. The monoisotopic (exact) mass is 481 g/mol. The lowest BCUT2D eigenvalue weighted by Gasteiger charge is -2.64. The van der Waals surface area contributed by atoms with E-state index in [-0.39, 0.29) is 29.7 Å². The molecule has 3 unspecified atom stereocenters. The molecular formula is C28H36FN3O3. The lowest BCUT2D eigenvalue weighted by atomic mass is 9.51. The molecule has 2 aromatic rings. The smallest absolute Gasteiger partial charge is 0.140 e. The Labute approximate surface area is 205 Å². The fourth-order valence-electron chi connectivity index (χ4n) is 9.11. The van der Waals surface area contributed by atoms with E-state index in [4.69, 9.17) is 4.74 Å². The first kappa shape index (κ1) is 22.4. The molecule has 2 saturated carbocycles. The van der Waals surface area contributed by atoms with E-state index in [0.717, 1.165) is 30.3 Å². The zero-order valence-corrected chi connectivity index (χ0v) is 20.8. The van der Waals surface area contributed by atoms with Crippen LogP contribution in [-0.2, 0) is 4.74 Å². The third-order valence-electron chi connectivity index (χ3n) is 10.9. The van der Waals surface area contributed by atoms with Gasteiger partial charge >= 0.3 is 0 Å². The van der Waals surface area contributed by atoms with E-state index < -0.39 is 29.1 Å². The van der Waals surface area contributed by atoms with Crippen molar-refractivity contribution in [2.45, 2.75) is 87.0 Å². The third-order valence-corrected chi connectivity index (χ3v) is 10.9. The van der Waals surface area contributed by atoms with Crippen molar-refractivity contribution in [3.05, 3.63) is 36.2 Å². The minimum Gasteiger partial charge on any atom is -0.390 e. The molecule has 2 aliphatic heterocycles. The fourth-order valence-corrected chi connectivity index (χ4v) is 9.11. The Bertz CT molecular complexity index is 1230. The summed E-state index contributed by atoms with van der Waals surface area (Å²) in [6.07, 6.45) is 6.55. The zero-order valence-electron chi connectivity index (χ0n) is 20.8. The molecule has 188 valence electrons. The molecule has 0 amide bonds. The molecule has 3 N–H and O–H groups in total. The number of ether oxygens (including phenoxy) is 1. The van der Waals surface area contributed by atoms with Crippen LogP contribution in [0.1, 0.15) is 57.4 Å². The number of allylic oxidation sites excluding steroid dienone is 2. The number of likely N-dealkylation sites (N-methyl/N-ethyl adjacent to an activating group) is 1. The van der Waals surface area contributed by atoms with Crippen LogP contribution < -0.4 is 0 Å². The predicted molar refractivity (Wildman–Crippen MR) is 131 cm³/mol. The number of alkyl halides is 1. The molecule has 2 saturated heterocycles. The van der Waals surface area contributed by atoms with Crippen LogP contribution >= 0.6 is 0 Å². The maximum Gasteiger partial charge on any atom is 0.140 e. The van der Waals surface area contributed by atoms with Crippen LogP contribution in [0.5, 0.6) is 0 Å². The lowest BCUT2D eigenvalue weighted by Crippen LogP contribution is -2.72. The molecule has 7 rings (SSSR count). The van der Waals surface area contributed by atoms with Crippen LogP contribution in [0.15, 0.2) is 30.6 Å². The van der Waals surface area contributed by atoms with Crippen LogP contribution in [0.4, 0.5) is 4.39 Å². The Morgan fingerprint density at radius 1 is 1.11 bits per heavy atom. The van der Waals surface area contributed by atoms with Crippen molar-refractivity contribution >= 4 is 16.6 Å². The summed E-state index contributed by atoms with van der Waals surface area (Å²) in [6.45, 7) is 2.31. The summed E-state index contributed by atoms with van der Waals surface area (Å²) < 4.78 is 24.2. The molecule has 5 aliphatic rings.